The van der Waals surface area contributed by atoms with Crippen molar-refractivity contribution < 1.29 is 24.3 Å². The number of nitrogens with zero attached hydrogens (tertiary/aromatic N) is 2. The molecule has 1 aliphatic heterocycles. The Morgan fingerprint density at radius 2 is 1.95 bits per heavy atom. The van der Waals surface area contributed by atoms with Crippen molar-refractivity contribution in [2.75, 3.05) is 20.1 Å². The van der Waals surface area contributed by atoms with Crippen molar-refractivity contribution in [3.63, 3.8) is 0 Å². The topological polar surface area (TPSA) is 107 Å². The molecule has 0 radical (unpaired) electrons. The zero-order valence-electron chi connectivity index (χ0n) is 12.5. The fourth-order valence-electron chi connectivity index (χ4n) is 2.05. The summed E-state index contributed by atoms with van der Waals surface area (Å²) in [4.78, 5) is 48.2. The molecule has 4 amide bonds. The standard InChI is InChI=1S/C13H21N3O5/c1-8(2)11(12(19)20)14-9(17)5-4-6-16-10(18)7-15(3)13(16)21/h8,11H,4-7H2,1-3H3,(H,14,17)(H,19,20). The van der Waals surface area contributed by atoms with E-state index in [1.54, 1.807) is 13.8 Å². The third-order valence-corrected chi connectivity index (χ3v) is 3.27. The van der Waals surface area contributed by atoms with Crippen molar-refractivity contribution in [1.29, 1.82) is 0 Å². The van der Waals surface area contributed by atoms with Crippen LogP contribution in [0.1, 0.15) is 26.7 Å². The molecule has 8 heteroatoms. The minimum absolute atomic E-state index is 0.0550. The number of rotatable bonds is 7. The normalized spacial score (nSPS) is 16.6. The quantitative estimate of drug-likeness (QED) is 0.638. The molecule has 0 bridgehead atoms. The van der Waals surface area contributed by atoms with Gasteiger partial charge in [0.25, 0.3) is 0 Å². The molecule has 0 aliphatic carbocycles. The molecule has 8 nitrogen and oxygen atoms in total. The molecule has 1 aliphatic rings. The van der Waals surface area contributed by atoms with Crippen molar-refractivity contribution in [1.82, 2.24) is 15.1 Å². The second kappa shape index (κ2) is 7.05. The van der Waals surface area contributed by atoms with E-state index >= 15 is 0 Å². The van der Waals surface area contributed by atoms with Gasteiger partial charge in [-0.3, -0.25) is 14.5 Å². The number of imide groups is 1. The molecule has 1 atom stereocenters. The summed E-state index contributed by atoms with van der Waals surface area (Å²) in [5.74, 6) is -1.98. The first-order valence-corrected chi connectivity index (χ1v) is 6.81. The molecule has 118 valence electrons. The first-order valence-electron chi connectivity index (χ1n) is 6.81. The average molecular weight is 299 g/mol. The lowest BCUT2D eigenvalue weighted by Gasteiger charge is -2.18. The molecule has 0 aromatic carbocycles. The van der Waals surface area contributed by atoms with Gasteiger partial charge in [-0.15, -0.1) is 0 Å². The molecule has 0 spiro atoms. The minimum Gasteiger partial charge on any atom is -0.480 e. The number of likely N-dealkylation sites (N-methyl/N-ethyl adjacent to an activating group) is 1. The molecule has 1 fully saturated rings. The summed E-state index contributed by atoms with van der Waals surface area (Å²) in [6, 6.07) is -1.30. The van der Waals surface area contributed by atoms with Gasteiger partial charge in [0, 0.05) is 20.0 Å². The summed E-state index contributed by atoms with van der Waals surface area (Å²) in [6.07, 6.45) is 0.374. The maximum atomic E-state index is 11.7. The van der Waals surface area contributed by atoms with Crippen LogP contribution in [0.4, 0.5) is 4.79 Å². The summed E-state index contributed by atoms with van der Waals surface area (Å²) >= 11 is 0. The molecular weight excluding hydrogens is 278 g/mol. The van der Waals surface area contributed by atoms with E-state index in [2.05, 4.69) is 5.32 Å². The van der Waals surface area contributed by atoms with Gasteiger partial charge in [0.15, 0.2) is 0 Å². The monoisotopic (exact) mass is 299 g/mol. The van der Waals surface area contributed by atoms with Gasteiger partial charge in [0.1, 0.15) is 12.6 Å². The molecule has 1 unspecified atom stereocenters. The van der Waals surface area contributed by atoms with E-state index in [0.717, 1.165) is 4.90 Å². The predicted octanol–water partition coefficient (Wildman–Crippen LogP) is -0.114. The van der Waals surface area contributed by atoms with E-state index in [0.29, 0.717) is 6.42 Å². The highest BCUT2D eigenvalue weighted by Gasteiger charge is 2.33. The first-order chi connectivity index (χ1) is 9.73. The molecule has 0 aromatic rings. The second-order valence-corrected chi connectivity index (χ2v) is 5.42. The third kappa shape index (κ3) is 4.44. The Kier molecular flexibility index (Phi) is 5.69. The predicted molar refractivity (Wildman–Crippen MR) is 73.4 cm³/mol. The Morgan fingerprint density at radius 3 is 2.38 bits per heavy atom. The molecule has 21 heavy (non-hydrogen) atoms. The van der Waals surface area contributed by atoms with Gasteiger partial charge in [-0.05, 0) is 12.3 Å². The molecule has 2 N–H and O–H groups in total. The van der Waals surface area contributed by atoms with E-state index in [4.69, 9.17) is 5.11 Å². The third-order valence-electron chi connectivity index (χ3n) is 3.27. The van der Waals surface area contributed by atoms with E-state index in [1.165, 1.54) is 11.9 Å². The lowest BCUT2D eigenvalue weighted by molar-refractivity contribution is -0.143. The number of carboxylic acid groups (broad SMARTS) is 1. The highest BCUT2D eigenvalue weighted by atomic mass is 16.4. The summed E-state index contributed by atoms with van der Waals surface area (Å²) in [5.41, 5.74) is 0. The van der Waals surface area contributed by atoms with Gasteiger partial charge in [0.2, 0.25) is 11.8 Å². The van der Waals surface area contributed by atoms with Crippen molar-refractivity contribution in [2.45, 2.75) is 32.7 Å². The number of carboxylic acids is 1. The van der Waals surface area contributed by atoms with Gasteiger partial charge in [-0.25, -0.2) is 9.59 Å². The maximum absolute atomic E-state index is 11.7. The number of nitrogens with one attached hydrogen (secondary N) is 1. The molecule has 1 heterocycles. The van der Waals surface area contributed by atoms with Crippen LogP contribution in [-0.2, 0) is 14.4 Å². The van der Waals surface area contributed by atoms with Crippen LogP contribution in [0.25, 0.3) is 0 Å². The number of hydrogen-bond acceptors (Lipinski definition) is 4. The van der Waals surface area contributed by atoms with E-state index in [-0.39, 0.29) is 37.4 Å². The van der Waals surface area contributed by atoms with Crippen LogP contribution in [0.15, 0.2) is 0 Å². The highest BCUT2D eigenvalue weighted by Crippen LogP contribution is 2.09. The summed E-state index contributed by atoms with van der Waals surface area (Å²) in [5, 5.41) is 11.4. The molecule has 0 aromatic heterocycles. The Bertz CT molecular complexity index is 449. The zero-order chi connectivity index (χ0) is 16.2. The average Bonchev–Trinajstić information content (AvgIpc) is 2.61. The lowest BCUT2D eigenvalue weighted by Crippen LogP contribution is -2.44. The van der Waals surface area contributed by atoms with Crippen LogP contribution in [-0.4, -0.2) is 64.9 Å². The Labute approximate surface area is 123 Å². The summed E-state index contributed by atoms with van der Waals surface area (Å²) in [6.45, 7) is 3.63. The Morgan fingerprint density at radius 1 is 1.33 bits per heavy atom. The van der Waals surface area contributed by atoms with Crippen LogP contribution in [0.2, 0.25) is 0 Å². The van der Waals surface area contributed by atoms with Crippen LogP contribution in [0.5, 0.6) is 0 Å². The van der Waals surface area contributed by atoms with Gasteiger partial charge in [-0.2, -0.15) is 0 Å². The van der Waals surface area contributed by atoms with Gasteiger partial charge >= 0.3 is 12.0 Å². The summed E-state index contributed by atoms with van der Waals surface area (Å²) in [7, 11) is 1.53. The molecule has 0 saturated carbocycles. The van der Waals surface area contributed by atoms with E-state index in [9.17, 15) is 19.2 Å². The van der Waals surface area contributed by atoms with Gasteiger partial charge in [-0.1, -0.05) is 13.8 Å². The number of aliphatic carboxylic acids is 1. The van der Waals surface area contributed by atoms with Crippen LogP contribution in [0, 0.1) is 5.92 Å². The van der Waals surface area contributed by atoms with Gasteiger partial charge in [0.05, 0.1) is 0 Å². The van der Waals surface area contributed by atoms with Crippen molar-refractivity contribution >= 4 is 23.8 Å². The van der Waals surface area contributed by atoms with Crippen molar-refractivity contribution in [2.24, 2.45) is 5.92 Å². The van der Waals surface area contributed by atoms with E-state index in [1.807, 2.05) is 0 Å². The number of amides is 4. The molecule has 1 saturated heterocycles. The van der Waals surface area contributed by atoms with E-state index < -0.39 is 17.9 Å². The number of urea groups is 1. The largest absolute Gasteiger partial charge is 0.480 e. The SMILES string of the molecule is CC(C)C(NC(=O)CCCN1C(=O)CN(C)C1=O)C(=O)O. The van der Waals surface area contributed by atoms with Gasteiger partial charge < -0.3 is 15.3 Å². The van der Waals surface area contributed by atoms with Crippen LogP contribution >= 0.6 is 0 Å². The fraction of sp³-hybridized carbons (Fsp3) is 0.692. The Hall–Kier alpha value is -2.12. The molecular formula is C13H21N3O5. The van der Waals surface area contributed by atoms with Crippen molar-refractivity contribution in [3.05, 3.63) is 0 Å². The lowest BCUT2D eigenvalue weighted by atomic mass is 10.0. The maximum Gasteiger partial charge on any atom is 0.326 e. The second-order valence-electron chi connectivity index (χ2n) is 5.42. The summed E-state index contributed by atoms with van der Waals surface area (Å²) < 4.78 is 0. The minimum atomic E-state index is -1.08. The fourth-order valence-corrected chi connectivity index (χ4v) is 2.05. The first kappa shape index (κ1) is 16.9. The molecule has 1 rings (SSSR count). The smallest absolute Gasteiger partial charge is 0.326 e. The number of carbonyl (C=O) groups excluding carboxylic acids is 3. The van der Waals surface area contributed by atoms with Crippen molar-refractivity contribution in [3.8, 4) is 0 Å². The number of carbonyl (C=O) groups is 4. The number of hydrogen-bond donors (Lipinski definition) is 2. The highest BCUT2D eigenvalue weighted by molar-refractivity contribution is 6.01. The van der Waals surface area contributed by atoms with Crippen LogP contribution in [0.3, 0.4) is 0 Å². The van der Waals surface area contributed by atoms with Crippen LogP contribution < -0.4 is 5.32 Å². The Balaban J connectivity index is 2.39. The zero-order valence-corrected chi connectivity index (χ0v) is 12.5.